The first kappa shape index (κ1) is 11.7. The van der Waals surface area contributed by atoms with Crippen molar-refractivity contribution in [1.29, 1.82) is 0 Å². The van der Waals surface area contributed by atoms with Crippen LogP contribution in [0.3, 0.4) is 0 Å². The maximum absolute atomic E-state index is 5.41. The average Bonchev–Trinajstić information content (AvgIpc) is 2.29. The number of methoxy groups -OCH3 is 2. The summed E-state index contributed by atoms with van der Waals surface area (Å²) >= 11 is 0. The average molecular weight is 211 g/mol. The minimum absolute atomic E-state index is 0.444. The zero-order valence-electron chi connectivity index (χ0n) is 8.99. The van der Waals surface area contributed by atoms with E-state index in [-0.39, 0.29) is 0 Å². The van der Waals surface area contributed by atoms with E-state index in [9.17, 15) is 0 Å². The summed E-state index contributed by atoms with van der Waals surface area (Å²) in [6, 6.07) is 5.35. The molecule has 83 valence electrons. The molecule has 0 amide bonds. The lowest BCUT2D eigenvalue weighted by molar-refractivity contribution is 0.174. The van der Waals surface area contributed by atoms with Gasteiger partial charge < -0.3 is 18.9 Å². The largest absolute Gasteiger partial charge is 0.496 e. The lowest BCUT2D eigenvalue weighted by Crippen LogP contribution is -2.03. The molecule has 0 saturated carbocycles. The molecule has 0 aliphatic rings. The molecule has 1 radical (unpaired) electrons. The fourth-order valence-corrected chi connectivity index (χ4v) is 1.08. The van der Waals surface area contributed by atoms with Gasteiger partial charge in [-0.2, -0.15) is 0 Å². The minimum atomic E-state index is 0.444. The molecule has 4 heteroatoms. The molecule has 0 aromatic heterocycles. The normalized spacial score (nSPS) is 9.80. The topological polar surface area (TPSA) is 36.9 Å². The second-order valence-corrected chi connectivity index (χ2v) is 2.81. The van der Waals surface area contributed by atoms with Crippen LogP contribution in [-0.2, 0) is 4.74 Å². The van der Waals surface area contributed by atoms with E-state index in [2.05, 4.69) is 11.8 Å². The van der Waals surface area contributed by atoms with Gasteiger partial charge >= 0.3 is 0 Å². The molecule has 0 unspecified atom stereocenters. The molecule has 1 rings (SSSR count). The van der Waals surface area contributed by atoms with Crippen LogP contribution in [0.25, 0.3) is 0 Å². The Morgan fingerprint density at radius 1 is 0.933 bits per heavy atom. The Kier molecular flexibility index (Phi) is 4.77. The number of rotatable bonds is 6. The predicted molar refractivity (Wildman–Crippen MR) is 56.4 cm³/mol. The van der Waals surface area contributed by atoms with Gasteiger partial charge in [0.2, 0.25) is 0 Å². The van der Waals surface area contributed by atoms with Crippen LogP contribution in [-0.4, -0.2) is 27.4 Å². The minimum Gasteiger partial charge on any atom is -0.496 e. The summed E-state index contributed by atoms with van der Waals surface area (Å²) < 4.78 is 20.2. The fourth-order valence-electron chi connectivity index (χ4n) is 1.08. The Balaban J connectivity index is 2.68. The summed E-state index contributed by atoms with van der Waals surface area (Å²) in [7, 11) is 6.44. The molecule has 0 aliphatic carbocycles. The smallest absolute Gasteiger partial charge is 0.126 e. The van der Waals surface area contributed by atoms with Gasteiger partial charge in [-0.25, -0.2) is 0 Å². The maximum Gasteiger partial charge on any atom is 0.126 e. The van der Waals surface area contributed by atoms with E-state index in [0.29, 0.717) is 30.5 Å². The van der Waals surface area contributed by atoms with Gasteiger partial charge in [0.1, 0.15) is 23.9 Å². The van der Waals surface area contributed by atoms with E-state index in [4.69, 9.17) is 14.2 Å². The second kappa shape index (κ2) is 6.14. The van der Waals surface area contributed by atoms with Crippen molar-refractivity contribution in [2.24, 2.45) is 0 Å². The third-order valence-corrected chi connectivity index (χ3v) is 1.82. The first-order chi connectivity index (χ1) is 7.30. The molecule has 4 nitrogen and oxygen atoms in total. The van der Waals surface area contributed by atoms with Gasteiger partial charge in [0.25, 0.3) is 0 Å². The van der Waals surface area contributed by atoms with Crippen LogP contribution in [0, 0.1) is 7.11 Å². The third-order valence-electron chi connectivity index (χ3n) is 1.82. The summed E-state index contributed by atoms with van der Waals surface area (Å²) in [6.07, 6.45) is 0. The van der Waals surface area contributed by atoms with Crippen LogP contribution < -0.4 is 14.2 Å². The molecule has 0 fully saturated rings. The summed E-state index contributed by atoms with van der Waals surface area (Å²) in [5.41, 5.74) is 0. The van der Waals surface area contributed by atoms with Crippen molar-refractivity contribution in [2.45, 2.75) is 0 Å². The van der Waals surface area contributed by atoms with Gasteiger partial charge in [-0.15, -0.1) is 0 Å². The van der Waals surface area contributed by atoms with Crippen molar-refractivity contribution < 1.29 is 18.9 Å². The van der Waals surface area contributed by atoms with E-state index >= 15 is 0 Å². The van der Waals surface area contributed by atoms with Crippen molar-refractivity contribution in [3.8, 4) is 17.2 Å². The zero-order chi connectivity index (χ0) is 11.1. The third kappa shape index (κ3) is 3.67. The highest BCUT2D eigenvalue weighted by Gasteiger charge is 2.02. The lowest BCUT2D eigenvalue weighted by Gasteiger charge is -2.09. The van der Waals surface area contributed by atoms with Gasteiger partial charge in [-0.05, 0) is 0 Å². The van der Waals surface area contributed by atoms with E-state index in [1.165, 1.54) is 0 Å². The van der Waals surface area contributed by atoms with Crippen LogP contribution in [0.1, 0.15) is 0 Å². The molecule has 0 aliphatic heterocycles. The number of hydrogen-bond acceptors (Lipinski definition) is 4. The van der Waals surface area contributed by atoms with Gasteiger partial charge in [-0.1, -0.05) is 0 Å². The molecule has 0 bridgehead atoms. The molecule has 0 atom stereocenters. The van der Waals surface area contributed by atoms with Gasteiger partial charge in [0, 0.05) is 18.2 Å². The number of hydrogen-bond donors (Lipinski definition) is 0. The van der Waals surface area contributed by atoms with Crippen molar-refractivity contribution in [3.63, 3.8) is 0 Å². The first-order valence-corrected chi connectivity index (χ1v) is 4.53. The van der Waals surface area contributed by atoms with Gasteiger partial charge in [-0.3, -0.25) is 0 Å². The summed E-state index contributed by atoms with van der Waals surface area (Å²) in [6.45, 7) is 0.888. The zero-order valence-corrected chi connectivity index (χ0v) is 8.99. The molecule has 1 aromatic rings. The summed E-state index contributed by atoms with van der Waals surface area (Å²) in [5, 5.41) is 0. The lowest BCUT2D eigenvalue weighted by atomic mass is 10.3. The molecular formula is C11H15O4. The SMILES string of the molecule is [CH2]OCCOc1cc(OC)cc(OC)c1. The maximum atomic E-state index is 5.41. The molecular weight excluding hydrogens is 196 g/mol. The van der Waals surface area contributed by atoms with Crippen LogP contribution in [0.5, 0.6) is 17.2 Å². The van der Waals surface area contributed by atoms with Gasteiger partial charge in [0.15, 0.2) is 0 Å². The highest BCUT2D eigenvalue weighted by molar-refractivity contribution is 5.41. The van der Waals surface area contributed by atoms with E-state index in [1.54, 1.807) is 32.4 Å². The van der Waals surface area contributed by atoms with Crippen LogP contribution in [0.4, 0.5) is 0 Å². The highest BCUT2D eigenvalue weighted by Crippen LogP contribution is 2.27. The fraction of sp³-hybridized carbons (Fsp3) is 0.364. The molecule has 0 heterocycles. The van der Waals surface area contributed by atoms with Crippen LogP contribution >= 0.6 is 0 Å². The number of benzene rings is 1. The molecule has 1 aromatic carbocycles. The Hall–Kier alpha value is -1.42. The van der Waals surface area contributed by atoms with E-state index in [0.717, 1.165) is 0 Å². The summed E-state index contributed by atoms with van der Waals surface area (Å²) in [4.78, 5) is 0. The Morgan fingerprint density at radius 2 is 1.47 bits per heavy atom. The highest BCUT2D eigenvalue weighted by atomic mass is 16.5. The monoisotopic (exact) mass is 211 g/mol. The Bertz CT molecular complexity index is 276. The Labute approximate surface area is 89.7 Å². The van der Waals surface area contributed by atoms with Crippen molar-refractivity contribution in [3.05, 3.63) is 25.3 Å². The molecule has 0 N–H and O–H groups in total. The van der Waals surface area contributed by atoms with Crippen molar-refractivity contribution in [1.82, 2.24) is 0 Å². The van der Waals surface area contributed by atoms with Crippen LogP contribution in [0.2, 0.25) is 0 Å². The first-order valence-electron chi connectivity index (χ1n) is 4.53. The molecule has 0 saturated heterocycles. The quantitative estimate of drug-likeness (QED) is 0.673. The predicted octanol–water partition coefficient (Wildman–Crippen LogP) is 1.89. The summed E-state index contributed by atoms with van der Waals surface area (Å²) in [5.74, 6) is 2.07. The van der Waals surface area contributed by atoms with Gasteiger partial charge in [0.05, 0.1) is 27.9 Å². The van der Waals surface area contributed by atoms with E-state index in [1.807, 2.05) is 0 Å². The number of ether oxygens (including phenoxy) is 4. The Morgan fingerprint density at radius 3 is 1.93 bits per heavy atom. The van der Waals surface area contributed by atoms with E-state index < -0.39 is 0 Å². The van der Waals surface area contributed by atoms with Crippen molar-refractivity contribution in [2.75, 3.05) is 27.4 Å². The second-order valence-electron chi connectivity index (χ2n) is 2.81. The van der Waals surface area contributed by atoms with Crippen LogP contribution in [0.15, 0.2) is 18.2 Å². The molecule has 15 heavy (non-hydrogen) atoms. The van der Waals surface area contributed by atoms with Crippen molar-refractivity contribution >= 4 is 0 Å². The standard InChI is InChI=1S/C11H15O4/c1-12-4-5-15-11-7-9(13-2)6-10(8-11)14-3/h6-8H,1,4-5H2,2-3H3. The molecule has 0 spiro atoms.